The number of benzene rings is 1. The molecule has 0 atom stereocenters. The van der Waals surface area contributed by atoms with E-state index in [0.717, 1.165) is 44.2 Å². The fourth-order valence-corrected chi connectivity index (χ4v) is 3.52. The minimum atomic E-state index is -0.545. The zero-order valence-electron chi connectivity index (χ0n) is 14.6. The van der Waals surface area contributed by atoms with E-state index < -0.39 is 22.7 Å². The Labute approximate surface area is 149 Å². The number of rotatable bonds is 4. The Kier molecular flexibility index (Phi) is 5.06. The normalized spacial score (nSPS) is 16.2. The molecule has 2 N–H and O–H groups in total. The van der Waals surface area contributed by atoms with Gasteiger partial charge >= 0.3 is 0 Å². The summed E-state index contributed by atoms with van der Waals surface area (Å²) >= 11 is 0. The van der Waals surface area contributed by atoms with Gasteiger partial charge in [0.25, 0.3) is 5.91 Å². The zero-order valence-corrected chi connectivity index (χ0v) is 14.6. The number of fused-ring (bicyclic) bond motifs is 1. The number of carbonyl (C=O) groups excluding carboxylic acids is 2. The van der Waals surface area contributed by atoms with E-state index in [0.29, 0.717) is 0 Å². The van der Waals surface area contributed by atoms with Crippen LogP contribution in [0.4, 0.5) is 4.39 Å². The lowest BCUT2D eigenvalue weighted by molar-refractivity contribution is -0.121. The van der Waals surface area contributed by atoms with Gasteiger partial charge in [0, 0.05) is 19.5 Å². The number of hydrogen-bond donors (Lipinski definition) is 2. The Hall–Kier alpha value is -2.70. The van der Waals surface area contributed by atoms with E-state index >= 15 is 0 Å². The fraction of sp³-hybridized carbons (Fsp3) is 0.421. The summed E-state index contributed by atoms with van der Waals surface area (Å²) in [5, 5.41) is 5.81. The van der Waals surface area contributed by atoms with Crippen molar-refractivity contribution in [3.63, 3.8) is 0 Å². The molecule has 0 bridgehead atoms. The molecule has 2 amide bonds. The van der Waals surface area contributed by atoms with Crippen molar-refractivity contribution in [1.82, 2.24) is 10.6 Å². The Balaban J connectivity index is 1.79. The van der Waals surface area contributed by atoms with Gasteiger partial charge < -0.3 is 15.1 Å². The molecule has 0 spiro atoms. The van der Waals surface area contributed by atoms with Gasteiger partial charge in [-0.2, -0.15) is 0 Å². The van der Waals surface area contributed by atoms with E-state index in [1.165, 1.54) is 19.1 Å². The molecule has 0 unspecified atom stereocenters. The monoisotopic (exact) mass is 360 g/mol. The maximum Gasteiger partial charge on any atom is 0.287 e. The lowest BCUT2D eigenvalue weighted by Gasteiger charge is -2.38. The molecule has 138 valence electrons. The summed E-state index contributed by atoms with van der Waals surface area (Å²) in [7, 11) is 0. The van der Waals surface area contributed by atoms with Crippen molar-refractivity contribution in [2.45, 2.75) is 44.6 Å². The topological polar surface area (TPSA) is 88.4 Å². The van der Waals surface area contributed by atoms with Gasteiger partial charge in [0.1, 0.15) is 11.4 Å². The first kappa shape index (κ1) is 18.1. The Morgan fingerprint density at radius 3 is 2.62 bits per heavy atom. The highest BCUT2D eigenvalue weighted by Gasteiger charge is 2.33. The highest BCUT2D eigenvalue weighted by Crippen LogP contribution is 2.27. The second-order valence-electron chi connectivity index (χ2n) is 6.82. The molecule has 1 aromatic heterocycles. The van der Waals surface area contributed by atoms with Gasteiger partial charge in [0.05, 0.1) is 10.9 Å². The number of halogens is 1. The average Bonchev–Trinajstić information content (AvgIpc) is 2.60. The zero-order chi connectivity index (χ0) is 18.7. The van der Waals surface area contributed by atoms with E-state index in [-0.39, 0.29) is 29.2 Å². The number of hydrogen-bond acceptors (Lipinski definition) is 4. The van der Waals surface area contributed by atoms with Crippen molar-refractivity contribution < 1.29 is 18.4 Å². The number of carbonyl (C=O) groups is 2. The molecule has 0 radical (unpaired) electrons. The van der Waals surface area contributed by atoms with Gasteiger partial charge in [-0.25, -0.2) is 4.39 Å². The third-order valence-electron chi connectivity index (χ3n) is 4.75. The van der Waals surface area contributed by atoms with Crippen LogP contribution >= 0.6 is 0 Å². The summed E-state index contributed by atoms with van der Waals surface area (Å²) in [6.45, 7) is 1.72. The third-order valence-corrected chi connectivity index (χ3v) is 4.75. The van der Waals surface area contributed by atoms with Crippen LogP contribution in [0.1, 0.15) is 49.6 Å². The first-order valence-electron chi connectivity index (χ1n) is 8.69. The first-order valence-corrected chi connectivity index (χ1v) is 8.69. The summed E-state index contributed by atoms with van der Waals surface area (Å²) < 4.78 is 18.7. The first-order chi connectivity index (χ1) is 12.4. The van der Waals surface area contributed by atoms with Crippen LogP contribution in [0.15, 0.2) is 33.5 Å². The van der Waals surface area contributed by atoms with Crippen molar-refractivity contribution >= 4 is 22.8 Å². The predicted molar refractivity (Wildman–Crippen MR) is 94.4 cm³/mol. The van der Waals surface area contributed by atoms with Crippen molar-refractivity contribution in [3.8, 4) is 0 Å². The molecule has 2 aromatic rings. The molecule has 1 aliphatic carbocycles. The largest absolute Gasteiger partial charge is 0.451 e. The summed E-state index contributed by atoms with van der Waals surface area (Å²) in [6, 6.07) is 4.63. The highest BCUT2D eigenvalue weighted by atomic mass is 19.1. The number of nitrogens with one attached hydrogen (secondary N) is 2. The molecule has 7 heteroatoms. The van der Waals surface area contributed by atoms with Crippen LogP contribution in [-0.2, 0) is 4.79 Å². The quantitative estimate of drug-likeness (QED) is 0.877. The van der Waals surface area contributed by atoms with Crippen LogP contribution in [0, 0.1) is 5.82 Å². The van der Waals surface area contributed by atoms with Gasteiger partial charge in [-0.05, 0) is 31.0 Å². The van der Waals surface area contributed by atoms with E-state index in [1.807, 2.05) is 0 Å². The smallest absolute Gasteiger partial charge is 0.287 e. The molecule has 0 aliphatic heterocycles. The van der Waals surface area contributed by atoms with Gasteiger partial charge in [0.15, 0.2) is 11.2 Å². The Morgan fingerprint density at radius 1 is 1.19 bits per heavy atom. The summed E-state index contributed by atoms with van der Waals surface area (Å²) in [4.78, 5) is 36.1. The molecule has 1 aliphatic rings. The summed E-state index contributed by atoms with van der Waals surface area (Å²) in [6.07, 6.45) is 4.63. The molecule has 1 fully saturated rings. The Morgan fingerprint density at radius 2 is 1.92 bits per heavy atom. The second kappa shape index (κ2) is 7.27. The maximum atomic E-state index is 13.3. The molecule has 1 saturated carbocycles. The van der Waals surface area contributed by atoms with E-state index in [1.54, 1.807) is 0 Å². The molecule has 1 heterocycles. The van der Waals surface area contributed by atoms with Crippen molar-refractivity contribution in [1.29, 1.82) is 0 Å². The maximum absolute atomic E-state index is 13.3. The van der Waals surface area contributed by atoms with Crippen LogP contribution < -0.4 is 16.1 Å². The molecular weight excluding hydrogens is 339 g/mol. The van der Waals surface area contributed by atoms with E-state index in [4.69, 9.17) is 4.42 Å². The minimum absolute atomic E-state index is 0.0866. The summed E-state index contributed by atoms with van der Waals surface area (Å²) in [5.41, 5.74) is -0.802. The van der Waals surface area contributed by atoms with Gasteiger partial charge in [0.2, 0.25) is 5.91 Å². The summed E-state index contributed by atoms with van der Waals surface area (Å²) in [5.74, 6) is -1.36. The van der Waals surface area contributed by atoms with Crippen molar-refractivity contribution in [2.75, 3.05) is 6.54 Å². The Bertz CT molecular complexity index is 900. The predicted octanol–water partition coefficient (Wildman–Crippen LogP) is 2.50. The molecule has 26 heavy (non-hydrogen) atoms. The highest BCUT2D eigenvalue weighted by molar-refractivity contribution is 5.93. The van der Waals surface area contributed by atoms with E-state index in [9.17, 15) is 18.8 Å². The number of amides is 2. The SMILES string of the molecule is CC(=O)NC1(CNC(=O)c2cc(=O)c3cc(F)ccc3o2)CCCCC1. The fourth-order valence-electron chi connectivity index (χ4n) is 3.52. The molecule has 1 aromatic carbocycles. The molecule has 6 nitrogen and oxygen atoms in total. The second-order valence-corrected chi connectivity index (χ2v) is 6.82. The lowest BCUT2D eigenvalue weighted by atomic mass is 9.81. The molecule has 0 saturated heterocycles. The lowest BCUT2D eigenvalue weighted by Crippen LogP contribution is -2.56. The molecule has 3 rings (SSSR count). The van der Waals surface area contributed by atoms with Gasteiger partial charge in [-0.3, -0.25) is 14.4 Å². The molecular formula is C19H21FN2O4. The minimum Gasteiger partial charge on any atom is -0.451 e. The van der Waals surface area contributed by atoms with Crippen molar-refractivity contribution in [3.05, 3.63) is 46.1 Å². The van der Waals surface area contributed by atoms with Gasteiger partial charge in [-0.15, -0.1) is 0 Å². The van der Waals surface area contributed by atoms with Crippen LogP contribution in [0.3, 0.4) is 0 Å². The van der Waals surface area contributed by atoms with Crippen LogP contribution in [-0.4, -0.2) is 23.9 Å². The average molecular weight is 360 g/mol. The van der Waals surface area contributed by atoms with Gasteiger partial charge in [-0.1, -0.05) is 19.3 Å². The van der Waals surface area contributed by atoms with E-state index in [2.05, 4.69) is 10.6 Å². The standard InChI is InChI=1S/C19H21FN2O4/c1-12(23)22-19(7-3-2-4-8-19)11-21-18(25)17-10-15(24)14-9-13(20)5-6-16(14)26-17/h5-6,9-10H,2-4,7-8,11H2,1H3,(H,21,25)(H,22,23). The van der Waals surface area contributed by atoms with Crippen LogP contribution in [0.5, 0.6) is 0 Å². The van der Waals surface area contributed by atoms with Crippen LogP contribution in [0.2, 0.25) is 0 Å². The third kappa shape index (κ3) is 3.92. The van der Waals surface area contributed by atoms with Crippen LogP contribution in [0.25, 0.3) is 11.0 Å². The van der Waals surface area contributed by atoms with Crippen molar-refractivity contribution in [2.24, 2.45) is 0 Å².